The van der Waals surface area contributed by atoms with Crippen molar-refractivity contribution in [1.82, 2.24) is 22.4 Å². The maximum Gasteiger partial charge on any atom is 0.167 e. The van der Waals surface area contributed by atoms with Crippen LogP contribution >= 0.6 is 7.60 Å². The van der Waals surface area contributed by atoms with E-state index in [9.17, 15) is 14.4 Å². The summed E-state index contributed by atoms with van der Waals surface area (Å²) in [5.74, 6) is 0. The van der Waals surface area contributed by atoms with Gasteiger partial charge in [-0.25, -0.2) is 0 Å². The van der Waals surface area contributed by atoms with Crippen molar-refractivity contribution in [2.24, 2.45) is 0 Å². The molecular formula is C8H13N4O4P. The number of aromatic nitrogens is 2. The van der Waals surface area contributed by atoms with Gasteiger partial charge in [-0.15, -0.1) is 0 Å². The Morgan fingerprint density at radius 3 is 2.35 bits per heavy atom. The van der Waals surface area contributed by atoms with Crippen molar-refractivity contribution in [3.8, 4) is 11.4 Å². The van der Waals surface area contributed by atoms with Crippen LogP contribution in [0.15, 0.2) is 35.0 Å². The van der Waals surface area contributed by atoms with Crippen molar-refractivity contribution in [2.45, 2.75) is 0 Å². The first-order chi connectivity index (χ1) is 7.07. The molecule has 0 unspecified atom stereocenters. The summed E-state index contributed by atoms with van der Waals surface area (Å²) >= 11 is 0. The molecule has 2 aromatic rings. The molecule has 0 radical (unpaired) electrons. The fraction of sp³-hybridized carbons (Fsp3) is 0. The summed E-state index contributed by atoms with van der Waals surface area (Å²) in [5, 5.41) is 3.44. The van der Waals surface area contributed by atoms with Crippen molar-refractivity contribution < 1.29 is 18.9 Å². The average molecular weight is 260 g/mol. The summed E-state index contributed by atoms with van der Waals surface area (Å²) in [6.07, 6.45) is 1.53. The van der Waals surface area contributed by atoms with Gasteiger partial charge in [0.05, 0.1) is 5.69 Å². The molecule has 2 aromatic heterocycles. The number of quaternary nitrogens is 2. The molecule has 0 atom stereocenters. The first kappa shape index (κ1) is 15.4. The van der Waals surface area contributed by atoms with Gasteiger partial charge in [0.1, 0.15) is 5.69 Å². The fourth-order valence-corrected chi connectivity index (χ4v) is 1.45. The molecule has 0 aliphatic heterocycles. The summed E-state index contributed by atoms with van der Waals surface area (Å²) in [7, 11) is -4.87. The van der Waals surface area contributed by atoms with Gasteiger partial charge in [0.25, 0.3) is 0 Å². The number of pyridine rings is 1. The molecule has 17 heavy (non-hydrogen) atoms. The summed E-state index contributed by atoms with van der Waals surface area (Å²) in [6.45, 7) is 0. The number of hydrogen-bond acceptors (Lipinski definition) is 6. The third-order valence-electron chi connectivity index (χ3n) is 1.69. The topological polar surface area (TPSA) is 175 Å². The molecule has 8 N–H and O–H groups in total. The largest absolute Gasteiger partial charge is 0.805 e. The summed E-state index contributed by atoms with van der Waals surface area (Å²) < 4.78 is 15.0. The van der Waals surface area contributed by atoms with Crippen molar-refractivity contribution >= 4 is 13.1 Å². The van der Waals surface area contributed by atoms with Crippen molar-refractivity contribution in [2.75, 3.05) is 0 Å². The van der Waals surface area contributed by atoms with E-state index in [-0.39, 0.29) is 18.0 Å². The summed E-state index contributed by atoms with van der Waals surface area (Å²) in [4.78, 5) is 25.1. The highest BCUT2D eigenvalue weighted by Crippen LogP contribution is 2.24. The Hall–Kier alpha value is -1.57. The second kappa shape index (κ2) is 5.67. The molecule has 9 heteroatoms. The molecule has 0 saturated heterocycles. The Morgan fingerprint density at radius 1 is 1.18 bits per heavy atom. The molecule has 2 heterocycles. The Kier molecular flexibility index (Phi) is 5.14. The van der Waals surface area contributed by atoms with Crippen LogP contribution in [-0.4, -0.2) is 10.1 Å². The number of hydrogen-bond donors (Lipinski definition) is 2. The Labute approximate surface area is 97.0 Å². The van der Waals surface area contributed by atoms with Gasteiger partial charge in [-0.2, -0.15) is 0 Å². The third-order valence-corrected chi connectivity index (χ3v) is 2.45. The van der Waals surface area contributed by atoms with E-state index in [0.29, 0.717) is 5.69 Å². The molecule has 0 aromatic carbocycles. The molecule has 0 bridgehead atoms. The maximum atomic E-state index is 10.6. The van der Waals surface area contributed by atoms with E-state index in [1.807, 2.05) is 0 Å². The molecule has 2 rings (SSSR count). The van der Waals surface area contributed by atoms with Crippen molar-refractivity contribution in [3.05, 3.63) is 30.5 Å². The van der Waals surface area contributed by atoms with E-state index in [0.717, 1.165) is 6.07 Å². The molecule has 0 fully saturated rings. The third kappa shape index (κ3) is 3.45. The monoisotopic (exact) mass is 260 g/mol. The first-order valence-electron chi connectivity index (χ1n) is 3.98. The molecule has 0 spiro atoms. The Balaban J connectivity index is 0.00000128. The molecule has 0 saturated carbocycles. The van der Waals surface area contributed by atoms with Crippen LogP contribution in [0, 0.1) is 0 Å². The highest BCUT2D eigenvalue weighted by Gasteiger charge is 2.09. The second-order valence-corrected chi connectivity index (χ2v) is 4.20. The van der Waals surface area contributed by atoms with E-state index >= 15 is 0 Å². The lowest BCUT2D eigenvalue weighted by molar-refractivity contribution is -0.309. The van der Waals surface area contributed by atoms with Crippen LogP contribution in [0.25, 0.3) is 11.4 Å². The highest BCUT2D eigenvalue weighted by atomic mass is 31.2. The lowest BCUT2D eigenvalue weighted by atomic mass is 10.3. The average Bonchev–Trinajstić information content (AvgIpc) is 2.67. The van der Waals surface area contributed by atoms with Gasteiger partial charge in [0.2, 0.25) is 0 Å². The van der Waals surface area contributed by atoms with Gasteiger partial charge in [-0.1, -0.05) is 11.2 Å². The standard InChI is InChI=1S/C8H7N2O4P.2H3N/c11-15(12,13)8-5-7(10-14-8)6-3-1-2-4-9-6;;/h1-5H,(H2,11,12,13);2*1H3. The molecule has 0 amide bonds. The fourth-order valence-electron chi connectivity index (χ4n) is 1.03. The second-order valence-electron chi connectivity index (χ2n) is 2.76. The van der Waals surface area contributed by atoms with Crippen molar-refractivity contribution in [3.63, 3.8) is 0 Å². The molecule has 0 aliphatic rings. The zero-order valence-corrected chi connectivity index (χ0v) is 10.3. The lowest BCUT2D eigenvalue weighted by Gasteiger charge is -2.24. The van der Waals surface area contributed by atoms with Crippen LogP contribution in [-0.2, 0) is 4.57 Å². The van der Waals surface area contributed by atoms with Crippen LogP contribution < -0.4 is 27.6 Å². The zero-order chi connectivity index (χ0) is 10.9. The van der Waals surface area contributed by atoms with E-state index in [1.54, 1.807) is 18.2 Å². The predicted octanol–water partition coefficient (Wildman–Crippen LogP) is 0.0280. The van der Waals surface area contributed by atoms with Crippen LogP contribution in [0.4, 0.5) is 0 Å². The minimum atomic E-state index is -4.87. The van der Waals surface area contributed by atoms with E-state index < -0.39 is 13.1 Å². The smallest absolute Gasteiger partial charge is 0.167 e. The van der Waals surface area contributed by atoms with Gasteiger partial charge in [0.15, 0.2) is 5.50 Å². The molecule has 94 valence electrons. The molecule has 0 aliphatic carbocycles. The minimum Gasteiger partial charge on any atom is -0.805 e. The van der Waals surface area contributed by atoms with E-state index in [2.05, 4.69) is 14.7 Å². The highest BCUT2D eigenvalue weighted by molar-refractivity contribution is 7.57. The van der Waals surface area contributed by atoms with Gasteiger partial charge in [-0.05, 0) is 12.1 Å². The molecule has 8 nitrogen and oxygen atoms in total. The van der Waals surface area contributed by atoms with Crippen LogP contribution in [0.5, 0.6) is 0 Å². The maximum absolute atomic E-state index is 10.6. The predicted molar refractivity (Wildman–Crippen MR) is 58.9 cm³/mol. The Morgan fingerprint density at radius 2 is 1.88 bits per heavy atom. The molecular weight excluding hydrogens is 247 g/mol. The van der Waals surface area contributed by atoms with E-state index in [4.69, 9.17) is 0 Å². The van der Waals surface area contributed by atoms with Crippen LogP contribution in [0.3, 0.4) is 0 Å². The first-order valence-corrected chi connectivity index (χ1v) is 5.52. The van der Waals surface area contributed by atoms with Crippen molar-refractivity contribution in [1.29, 1.82) is 0 Å². The van der Waals surface area contributed by atoms with Gasteiger partial charge in [-0.3, -0.25) is 4.98 Å². The van der Waals surface area contributed by atoms with Gasteiger partial charge >= 0.3 is 0 Å². The normalized spacial score (nSPS) is 10.2. The quantitative estimate of drug-likeness (QED) is 0.719. The number of rotatable bonds is 2. The van der Waals surface area contributed by atoms with Crippen LogP contribution in [0.1, 0.15) is 0 Å². The minimum absolute atomic E-state index is 0. The van der Waals surface area contributed by atoms with Crippen LogP contribution in [0.2, 0.25) is 0 Å². The zero-order valence-electron chi connectivity index (χ0n) is 9.36. The summed E-state index contributed by atoms with van der Waals surface area (Å²) in [6, 6.07) is 6.10. The van der Waals surface area contributed by atoms with Gasteiger partial charge < -0.3 is 31.2 Å². The van der Waals surface area contributed by atoms with E-state index in [1.165, 1.54) is 6.20 Å². The lowest BCUT2D eigenvalue weighted by Crippen LogP contribution is -2.23. The summed E-state index contributed by atoms with van der Waals surface area (Å²) in [5.41, 5.74) is -0.0124. The Bertz CT molecular complexity index is 509. The SMILES string of the molecule is O=P([O-])([O-])c1cc(-c2ccccn2)no1.[NH4+].[NH4+]. The number of nitrogens with zero attached hydrogens (tertiary/aromatic N) is 2. The van der Waals surface area contributed by atoms with Gasteiger partial charge in [0, 0.05) is 19.9 Å².